The van der Waals surface area contributed by atoms with E-state index < -0.39 is 0 Å². The lowest BCUT2D eigenvalue weighted by atomic mass is 10.2. The van der Waals surface area contributed by atoms with Crippen molar-refractivity contribution in [3.63, 3.8) is 0 Å². The highest BCUT2D eigenvalue weighted by atomic mass is 35.5. The second-order valence-corrected chi connectivity index (χ2v) is 3.88. The zero-order chi connectivity index (χ0) is 13.7. The molecule has 0 unspecified atom stereocenters. The van der Waals surface area contributed by atoms with Crippen molar-refractivity contribution in [3.05, 3.63) is 21.7 Å². The van der Waals surface area contributed by atoms with E-state index in [0.717, 1.165) is 0 Å². The van der Waals surface area contributed by atoms with Crippen LogP contribution in [0.5, 0.6) is 11.5 Å². The molecule has 0 heterocycles. The van der Waals surface area contributed by atoms with Crippen LogP contribution < -0.4 is 20.9 Å². The van der Waals surface area contributed by atoms with Crippen LogP contribution in [-0.2, 0) is 0 Å². The van der Waals surface area contributed by atoms with E-state index in [0.29, 0.717) is 22.1 Å². The molecule has 1 aromatic carbocycles. The van der Waals surface area contributed by atoms with Gasteiger partial charge >= 0.3 is 0 Å². The molecule has 0 aliphatic heterocycles. The molecular weight excluding hydrogens is 279 g/mol. The lowest BCUT2D eigenvalue weighted by Crippen LogP contribution is -2.21. The Morgan fingerprint density at radius 1 is 1.28 bits per heavy atom. The highest BCUT2D eigenvalue weighted by Crippen LogP contribution is 2.40. The fourth-order valence-electron chi connectivity index (χ4n) is 1.21. The van der Waals surface area contributed by atoms with Crippen LogP contribution in [0.1, 0.15) is 5.56 Å². The maximum Gasteiger partial charge on any atom is 0.211 e. The quantitative estimate of drug-likeness (QED) is 0.500. The normalized spacial score (nSPS) is 10.4. The van der Waals surface area contributed by atoms with Crippen molar-refractivity contribution in [2.45, 2.75) is 0 Å². The summed E-state index contributed by atoms with van der Waals surface area (Å²) in [5.74, 6) is 0.611. The molecule has 4 N–H and O–H groups in total. The van der Waals surface area contributed by atoms with Gasteiger partial charge in [0.25, 0.3) is 0 Å². The van der Waals surface area contributed by atoms with Crippen LogP contribution in [0.4, 0.5) is 0 Å². The van der Waals surface area contributed by atoms with Gasteiger partial charge in [-0.1, -0.05) is 23.2 Å². The number of guanidine groups is 1. The van der Waals surface area contributed by atoms with E-state index in [1.807, 2.05) is 0 Å². The van der Waals surface area contributed by atoms with Crippen molar-refractivity contribution < 1.29 is 9.47 Å². The molecule has 0 atom stereocenters. The summed E-state index contributed by atoms with van der Waals surface area (Å²) < 4.78 is 10.2. The van der Waals surface area contributed by atoms with Crippen LogP contribution in [0.25, 0.3) is 0 Å². The first kappa shape index (κ1) is 14.4. The summed E-state index contributed by atoms with van der Waals surface area (Å²) in [5, 5.41) is 7.69. The Hall–Kier alpha value is -1.66. The Morgan fingerprint density at radius 3 is 2.44 bits per heavy atom. The Bertz CT molecular complexity index is 499. The van der Waals surface area contributed by atoms with Crippen molar-refractivity contribution in [1.29, 1.82) is 0 Å². The first-order chi connectivity index (χ1) is 8.51. The van der Waals surface area contributed by atoms with Crippen LogP contribution in [0.3, 0.4) is 0 Å². The minimum atomic E-state index is -0.168. The predicted octanol–water partition coefficient (Wildman–Crippen LogP) is 1.62. The smallest absolute Gasteiger partial charge is 0.211 e. The molecule has 1 rings (SSSR count). The average molecular weight is 291 g/mol. The van der Waals surface area contributed by atoms with Crippen molar-refractivity contribution in [3.8, 4) is 11.5 Å². The second kappa shape index (κ2) is 6.32. The van der Waals surface area contributed by atoms with E-state index in [1.165, 1.54) is 20.4 Å². The van der Waals surface area contributed by atoms with Crippen molar-refractivity contribution >= 4 is 35.4 Å². The molecule has 18 heavy (non-hydrogen) atoms. The Labute approximate surface area is 114 Å². The van der Waals surface area contributed by atoms with Gasteiger partial charge in [0, 0.05) is 11.6 Å². The number of nitrogens with two attached hydrogens (primary N) is 2. The predicted molar refractivity (Wildman–Crippen MR) is 73.0 cm³/mol. The van der Waals surface area contributed by atoms with Crippen LogP contribution in [0, 0.1) is 0 Å². The van der Waals surface area contributed by atoms with Crippen LogP contribution in [0.2, 0.25) is 10.0 Å². The summed E-state index contributed by atoms with van der Waals surface area (Å²) in [5.41, 5.74) is 10.7. The fraction of sp³-hybridized carbons (Fsp3) is 0.200. The van der Waals surface area contributed by atoms with E-state index >= 15 is 0 Å². The van der Waals surface area contributed by atoms with Crippen molar-refractivity contribution in [2.24, 2.45) is 21.7 Å². The SMILES string of the molecule is COc1cc(Cl)c(C=NN=C(N)N)c(Cl)c1OC. The number of ether oxygens (including phenoxy) is 2. The molecule has 0 aliphatic carbocycles. The number of benzene rings is 1. The number of hydrogen-bond donors (Lipinski definition) is 2. The van der Waals surface area contributed by atoms with Crippen LogP contribution >= 0.6 is 23.2 Å². The standard InChI is InChI=1S/C10H12Cl2N4O2/c1-17-7-3-6(11)5(4-15-16-10(13)14)8(12)9(7)18-2/h3-4H,1-2H3,(H4,13,14,16). The van der Waals surface area contributed by atoms with Gasteiger partial charge in [0.15, 0.2) is 11.5 Å². The number of methoxy groups -OCH3 is 2. The fourth-order valence-corrected chi connectivity index (χ4v) is 1.82. The molecule has 0 saturated heterocycles. The summed E-state index contributed by atoms with van der Waals surface area (Å²) >= 11 is 12.2. The molecule has 0 fully saturated rings. The first-order valence-electron chi connectivity index (χ1n) is 4.73. The monoisotopic (exact) mass is 290 g/mol. The minimum Gasteiger partial charge on any atom is -0.493 e. The maximum absolute atomic E-state index is 6.12. The molecule has 0 saturated carbocycles. The summed E-state index contributed by atoms with van der Waals surface area (Å²) in [4.78, 5) is 0. The van der Waals surface area contributed by atoms with Crippen molar-refractivity contribution in [1.82, 2.24) is 0 Å². The molecule has 0 amide bonds. The van der Waals surface area contributed by atoms with Gasteiger partial charge in [-0.25, -0.2) is 0 Å². The van der Waals surface area contributed by atoms with E-state index in [-0.39, 0.29) is 11.0 Å². The van der Waals surface area contributed by atoms with Gasteiger partial charge in [-0.15, -0.1) is 5.10 Å². The van der Waals surface area contributed by atoms with E-state index in [1.54, 1.807) is 6.07 Å². The zero-order valence-corrected chi connectivity index (χ0v) is 11.3. The molecule has 0 radical (unpaired) electrons. The van der Waals surface area contributed by atoms with Crippen LogP contribution in [-0.4, -0.2) is 26.4 Å². The summed E-state index contributed by atoms with van der Waals surface area (Å²) in [6.45, 7) is 0. The van der Waals surface area contributed by atoms with Gasteiger partial charge < -0.3 is 20.9 Å². The summed E-state index contributed by atoms with van der Waals surface area (Å²) in [7, 11) is 2.95. The third-order valence-corrected chi connectivity index (χ3v) is 2.65. The van der Waals surface area contributed by atoms with Gasteiger partial charge in [0.05, 0.1) is 30.5 Å². The van der Waals surface area contributed by atoms with Gasteiger partial charge in [-0.2, -0.15) is 5.10 Å². The lowest BCUT2D eigenvalue weighted by Gasteiger charge is -2.12. The van der Waals surface area contributed by atoms with Crippen molar-refractivity contribution in [2.75, 3.05) is 14.2 Å². The largest absolute Gasteiger partial charge is 0.493 e. The lowest BCUT2D eigenvalue weighted by molar-refractivity contribution is 0.355. The molecule has 0 aromatic heterocycles. The minimum absolute atomic E-state index is 0.168. The Kier molecular flexibility index (Phi) is 5.06. The Morgan fingerprint density at radius 2 is 1.94 bits per heavy atom. The van der Waals surface area contributed by atoms with Gasteiger partial charge in [-0.3, -0.25) is 0 Å². The van der Waals surface area contributed by atoms with E-state index in [9.17, 15) is 0 Å². The van der Waals surface area contributed by atoms with Gasteiger partial charge in [0.1, 0.15) is 0 Å². The number of rotatable bonds is 4. The first-order valence-corrected chi connectivity index (χ1v) is 5.48. The second-order valence-electron chi connectivity index (χ2n) is 3.09. The number of hydrogen-bond acceptors (Lipinski definition) is 4. The Balaban J connectivity index is 3.28. The van der Waals surface area contributed by atoms with Gasteiger partial charge in [0.2, 0.25) is 5.96 Å². The molecule has 6 nitrogen and oxygen atoms in total. The molecule has 98 valence electrons. The molecule has 0 bridgehead atoms. The number of halogens is 2. The average Bonchev–Trinajstić information content (AvgIpc) is 2.32. The maximum atomic E-state index is 6.12. The zero-order valence-electron chi connectivity index (χ0n) is 9.78. The highest BCUT2D eigenvalue weighted by Gasteiger charge is 2.16. The number of nitrogens with zero attached hydrogens (tertiary/aromatic N) is 2. The summed E-state index contributed by atoms with van der Waals surface area (Å²) in [6.07, 6.45) is 1.33. The molecule has 1 aromatic rings. The summed E-state index contributed by atoms with van der Waals surface area (Å²) in [6, 6.07) is 1.56. The molecule has 0 aliphatic rings. The topological polar surface area (TPSA) is 95.2 Å². The van der Waals surface area contributed by atoms with E-state index in [2.05, 4.69) is 10.2 Å². The molecule has 0 spiro atoms. The van der Waals surface area contributed by atoms with E-state index in [4.69, 9.17) is 44.1 Å². The van der Waals surface area contributed by atoms with Gasteiger partial charge in [-0.05, 0) is 0 Å². The molecular formula is C10H12Cl2N4O2. The third-order valence-electron chi connectivity index (χ3n) is 1.96. The van der Waals surface area contributed by atoms with Crippen LogP contribution in [0.15, 0.2) is 16.3 Å². The third kappa shape index (κ3) is 3.18. The highest BCUT2D eigenvalue weighted by molar-refractivity contribution is 6.40. The molecule has 8 heteroatoms.